The number of nitrogens with one attached hydrogen (secondary N) is 1. The van der Waals surface area contributed by atoms with Crippen LogP contribution < -0.4 is 5.32 Å². The summed E-state index contributed by atoms with van der Waals surface area (Å²) in [5.74, 6) is -1.20. The van der Waals surface area contributed by atoms with Crippen molar-refractivity contribution in [1.82, 2.24) is 5.32 Å². The highest BCUT2D eigenvalue weighted by Crippen LogP contribution is 2.26. The Morgan fingerprint density at radius 1 is 0.606 bits per heavy atom. The SMILES string of the molecule is CC/C=C/C/C=C/CCCCCCCCCC(=O)OC1C(OCC(NC(=O)C(O)CCCCCCCCCCCCCC)C(O)/C=C/CCCCCCCCCCC)OC(CO)C(O)C1O. The minimum Gasteiger partial charge on any atom is -0.454 e. The summed E-state index contributed by atoms with van der Waals surface area (Å²) in [6.45, 7) is 5.65. The van der Waals surface area contributed by atoms with Gasteiger partial charge in [0, 0.05) is 6.42 Å². The van der Waals surface area contributed by atoms with Crippen molar-refractivity contribution in [3.63, 3.8) is 0 Å². The van der Waals surface area contributed by atoms with Crippen LogP contribution in [0, 0.1) is 0 Å². The van der Waals surface area contributed by atoms with E-state index in [-0.39, 0.29) is 13.0 Å². The van der Waals surface area contributed by atoms with Gasteiger partial charge in [0.2, 0.25) is 5.91 Å². The van der Waals surface area contributed by atoms with Crippen LogP contribution >= 0.6 is 0 Å². The van der Waals surface area contributed by atoms with Gasteiger partial charge in [0.25, 0.3) is 0 Å². The van der Waals surface area contributed by atoms with Crippen LogP contribution in [0.4, 0.5) is 0 Å². The topological polar surface area (TPSA) is 175 Å². The lowest BCUT2D eigenvalue weighted by Crippen LogP contribution is -2.61. The van der Waals surface area contributed by atoms with Gasteiger partial charge in [-0.3, -0.25) is 9.59 Å². The molecule has 0 aromatic carbocycles. The number of hydrogen-bond acceptors (Lipinski definition) is 10. The first kappa shape index (κ1) is 61.9. The van der Waals surface area contributed by atoms with Crippen molar-refractivity contribution in [3.8, 4) is 0 Å². The molecule has 6 N–H and O–H groups in total. The Morgan fingerprint density at radius 3 is 1.62 bits per heavy atom. The molecule has 66 heavy (non-hydrogen) atoms. The lowest BCUT2D eigenvalue weighted by atomic mass is 9.99. The molecule has 1 rings (SSSR count). The third-order valence-corrected chi connectivity index (χ3v) is 12.8. The average Bonchev–Trinajstić information content (AvgIpc) is 3.31. The van der Waals surface area contributed by atoms with E-state index in [9.17, 15) is 35.1 Å². The Hall–Kier alpha value is -2.12. The van der Waals surface area contributed by atoms with Crippen LogP contribution in [0.15, 0.2) is 36.5 Å². The summed E-state index contributed by atoms with van der Waals surface area (Å²) in [7, 11) is 0. The third-order valence-electron chi connectivity index (χ3n) is 12.8. The van der Waals surface area contributed by atoms with Gasteiger partial charge in [0.05, 0.1) is 25.4 Å². The fourth-order valence-corrected chi connectivity index (χ4v) is 8.45. The second-order valence-electron chi connectivity index (χ2n) is 18.9. The van der Waals surface area contributed by atoms with Crippen LogP contribution in [0.3, 0.4) is 0 Å². The summed E-state index contributed by atoms with van der Waals surface area (Å²) < 4.78 is 17.5. The van der Waals surface area contributed by atoms with E-state index in [1.807, 2.05) is 6.08 Å². The maximum atomic E-state index is 13.3. The summed E-state index contributed by atoms with van der Waals surface area (Å²) >= 11 is 0. The molecule has 0 radical (unpaired) electrons. The number of carbonyl (C=O) groups excluding carboxylic acids is 2. The quantitative estimate of drug-likeness (QED) is 0.0196. The normalized spacial score (nSPS) is 20.4. The molecule has 11 heteroatoms. The number of aliphatic hydroxyl groups excluding tert-OH is 5. The number of ether oxygens (including phenoxy) is 3. The number of unbranched alkanes of at least 4 members (excludes halogenated alkanes) is 27. The van der Waals surface area contributed by atoms with Gasteiger partial charge in [0.15, 0.2) is 12.4 Å². The Bertz CT molecular complexity index is 1210. The lowest BCUT2D eigenvalue weighted by molar-refractivity contribution is -0.305. The van der Waals surface area contributed by atoms with E-state index in [1.165, 1.54) is 109 Å². The monoisotopic (exact) mass is 936 g/mol. The molecule has 8 atom stereocenters. The van der Waals surface area contributed by atoms with E-state index in [0.717, 1.165) is 83.5 Å². The smallest absolute Gasteiger partial charge is 0.306 e. The molecule has 0 aliphatic carbocycles. The first-order valence-electron chi connectivity index (χ1n) is 27.3. The van der Waals surface area contributed by atoms with Gasteiger partial charge in [-0.2, -0.15) is 0 Å². The minimum atomic E-state index is -1.61. The predicted molar refractivity (Wildman–Crippen MR) is 269 cm³/mol. The highest BCUT2D eigenvalue weighted by atomic mass is 16.7. The Morgan fingerprint density at radius 2 is 1.09 bits per heavy atom. The van der Waals surface area contributed by atoms with Crippen molar-refractivity contribution in [3.05, 3.63) is 36.5 Å². The molecule has 0 aromatic rings. The second-order valence-corrected chi connectivity index (χ2v) is 18.9. The minimum absolute atomic E-state index is 0.116. The summed E-state index contributed by atoms with van der Waals surface area (Å²) in [5, 5.41) is 56.6. The first-order chi connectivity index (χ1) is 32.2. The molecule has 1 fully saturated rings. The van der Waals surface area contributed by atoms with Crippen molar-refractivity contribution in [2.24, 2.45) is 0 Å². The molecule has 386 valence electrons. The fraction of sp³-hybridized carbons (Fsp3) is 0.855. The van der Waals surface area contributed by atoms with E-state index in [1.54, 1.807) is 6.08 Å². The van der Waals surface area contributed by atoms with Crippen molar-refractivity contribution < 1.29 is 49.3 Å². The van der Waals surface area contributed by atoms with Gasteiger partial charge in [-0.15, -0.1) is 0 Å². The molecule has 0 saturated carbocycles. The van der Waals surface area contributed by atoms with Gasteiger partial charge < -0.3 is 45.1 Å². The standard InChI is InChI=1S/C55H101NO10/c1-4-7-10-13-16-19-22-24-25-28-31-34-37-40-43-50(60)66-53-52(62)51(61)49(44-57)65-55(53)64-45-46(47(58)41-38-35-32-29-26-21-18-15-12-9-6-3)56-54(63)48(59)42-39-36-33-30-27-23-20-17-14-11-8-5-2/h7,10,16,19,38,41,46-49,51-53,55,57-59,61-62H,4-6,8-9,11-15,17-18,20-37,39-40,42-45H2,1-3H3,(H,56,63)/b10-7+,19-16+,41-38+. The summed E-state index contributed by atoms with van der Waals surface area (Å²) in [6, 6.07) is -1.02. The number of esters is 1. The highest BCUT2D eigenvalue weighted by Gasteiger charge is 2.47. The van der Waals surface area contributed by atoms with E-state index in [0.29, 0.717) is 19.3 Å². The van der Waals surface area contributed by atoms with Gasteiger partial charge >= 0.3 is 5.97 Å². The van der Waals surface area contributed by atoms with E-state index in [4.69, 9.17) is 14.2 Å². The lowest BCUT2D eigenvalue weighted by Gasteiger charge is -2.41. The first-order valence-corrected chi connectivity index (χ1v) is 27.3. The van der Waals surface area contributed by atoms with Crippen LogP contribution in [0.5, 0.6) is 0 Å². The van der Waals surface area contributed by atoms with Gasteiger partial charge in [-0.1, -0.05) is 218 Å². The molecule has 1 amide bonds. The van der Waals surface area contributed by atoms with E-state index in [2.05, 4.69) is 50.4 Å². The third kappa shape index (κ3) is 32.6. The average molecular weight is 936 g/mol. The number of allylic oxidation sites excluding steroid dienone is 5. The molecule has 1 aliphatic heterocycles. The summed E-state index contributed by atoms with van der Waals surface area (Å²) in [6.07, 6.45) is 39.1. The summed E-state index contributed by atoms with van der Waals surface area (Å²) in [4.78, 5) is 26.4. The Kier molecular flexibility index (Phi) is 41.4. The van der Waals surface area contributed by atoms with E-state index >= 15 is 0 Å². The number of hydrogen-bond donors (Lipinski definition) is 6. The molecule has 1 saturated heterocycles. The van der Waals surface area contributed by atoms with Crippen molar-refractivity contribution in [1.29, 1.82) is 0 Å². The van der Waals surface area contributed by atoms with Crippen molar-refractivity contribution >= 4 is 11.9 Å². The zero-order valence-electron chi connectivity index (χ0n) is 42.3. The molecule has 1 heterocycles. The van der Waals surface area contributed by atoms with Gasteiger partial charge in [-0.05, 0) is 51.4 Å². The van der Waals surface area contributed by atoms with Crippen LogP contribution in [-0.4, -0.2) is 99.6 Å². The van der Waals surface area contributed by atoms with Crippen LogP contribution in [0.1, 0.15) is 239 Å². The molecule has 0 bridgehead atoms. The molecule has 8 unspecified atom stereocenters. The number of carbonyl (C=O) groups is 2. The maximum Gasteiger partial charge on any atom is 0.306 e. The largest absolute Gasteiger partial charge is 0.454 e. The van der Waals surface area contributed by atoms with E-state index < -0.39 is 67.4 Å². The predicted octanol–water partition coefficient (Wildman–Crippen LogP) is 11.6. The van der Waals surface area contributed by atoms with Crippen molar-refractivity contribution in [2.75, 3.05) is 13.2 Å². The number of aliphatic hydroxyl groups is 5. The van der Waals surface area contributed by atoms with Gasteiger partial charge in [0.1, 0.15) is 24.4 Å². The maximum absolute atomic E-state index is 13.3. The van der Waals surface area contributed by atoms with Crippen molar-refractivity contribution in [2.45, 2.75) is 288 Å². The molecular weight excluding hydrogens is 835 g/mol. The fourth-order valence-electron chi connectivity index (χ4n) is 8.45. The highest BCUT2D eigenvalue weighted by molar-refractivity contribution is 5.80. The van der Waals surface area contributed by atoms with Crippen LogP contribution in [0.25, 0.3) is 0 Å². The summed E-state index contributed by atoms with van der Waals surface area (Å²) in [5.41, 5.74) is 0. The second kappa shape index (κ2) is 44.1. The van der Waals surface area contributed by atoms with Crippen LogP contribution in [0.2, 0.25) is 0 Å². The Labute approximate surface area is 403 Å². The molecule has 11 nitrogen and oxygen atoms in total. The molecule has 1 aliphatic rings. The molecular formula is C55H101NO10. The Balaban J connectivity index is 2.75. The number of rotatable bonds is 45. The number of amides is 1. The zero-order chi connectivity index (χ0) is 48.3. The van der Waals surface area contributed by atoms with Crippen LogP contribution in [-0.2, 0) is 23.8 Å². The molecule has 0 aromatic heterocycles. The zero-order valence-corrected chi connectivity index (χ0v) is 42.3. The molecule has 0 spiro atoms. The van der Waals surface area contributed by atoms with Gasteiger partial charge in [-0.25, -0.2) is 0 Å².